The third-order valence-electron chi connectivity index (χ3n) is 7.67. The van der Waals surface area contributed by atoms with Gasteiger partial charge < -0.3 is 5.11 Å². The fourth-order valence-corrected chi connectivity index (χ4v) is 5.86. The Balaban J connectivity index is 1.63. The Kier molecular flexibility index (Phi) is 5.30. The number of rotatable bonds is 6. The van der Waals surface area contributed by atoms with Crippen molar-refractivity contribution >= 4 is 5.97 Å². The molecular weight excluding hydrogens is 440 g/mol. The standard InChI is InChI=1S/C34H26O2/c35-32(36)34(24-33(34,29-17-9-3-10-18-29)30-19-11-4-12-20-30)31-22-27(25-13-5-1-6-14-25)21-28(23-31)26-15-7-2-8-16-26/h1-23H,24H2,(H,35,36)/t34-/m0/s1. The molecule has 36 heavy (non-hydrogen) atoms. The van der Waals surface area contributed by atoms with Crippen LogP contribution in [0, 0.1) is 0 Å². The largest absolute Gasteiger partial charge is 0.481 e. The lowest BCUT2D eigenvalue weighted by molar-refractivity contribution is -0.140. The second-order valence-electron chi connectivity index (χ2n) is 9.56. The average Bonchev–Trinajstić information content (AvgIpc) is 3.68. The molecule has 6 rings (SSSR count). The Morgan fingerprint density at radius 2 is 0.889 bits per heavy atom. The van der Waals surface area contributed by atoms with E-state index < -0.39 is 16.8 Å². The highest BCUT2D eigenvalue weighted by molar-refractivity contribution is 5.93. The van der Waals surface area contributed by atoms with E-state index >= 15 is 0 Å². The van der Waals surface area contributed by atoms with E-state index in [2.05, 4.69) is 66.7 Å². The quantitative estimate of drug-likeness (QED) is 0.278. The van der Waals surface area contributed by atoms with Crippen LogP contribution in [0.25, 0.3) is 22.3 Å². The highest BCUT2D eigenvalue weighted by Gasteiger charge is 2.74. The van der Waals surface area contributed by atoms with Crippen LogP contribution in [0.4, 0.5) is 0 Å². The minimum atomic E-state index is -1.08. The molecule has 0 heterocycles. The number of carbonyl (C=O) groups is 1. The van der Waals surface area contributed by atoms with Gasteiger partial charge in [-0.3, -0.25) is 4.79 Å². The molecular formula is C34H26O2. The first-order chi connectivity index (χ1) is 17.6. The Morgan fingerprint density at radius 3 is 1.28 bits per heavy atom. The highest BCUT2D eigenvalue weighted by atomic mass is 16.4. The SMILES string of the molecule is O=C(O)[C@@]1(c2cc(-c3ccccc3)cc(-c3ccccc3)c2)CC1(c1ccccc1)c1ccccc1. The van der Waals surface area contributed by atoms with E-state index in [-0.39, 0.29) is 0 Å². The monoisotopic (exact) mass is 466 g/mol. The summed E-state index contributed by atoms with van der Waals surface area (Å²) in [7, 11) is 0. The molecule has 0 aliphatic heterocycles. The van der Waals surface area contributed by atoms with Gasteiger partial charge in [0, 0.05) is 5.41 Å². The summed E-state index contributed by atoms with van der Waals surface area (Å²) in [5, 5.41) is 10.9. The lowest BCUT2D eigenvalue weighted by Crippen LogP contribution is -2.31. The zero-order valence-electron chi connectivity index (χ0n) is 19.8. The summed E-state index contributed by atoms with van der Waals surface area (Å²) in [6.45, 7) is 0. The minimum absolute atomic E-state index is 0.510. The summed E-state index contributed by atoms with van der Waals surface area (Å²) >= 11 is 0. The smallest absolute Gasteiger partial charge is 0.315 e. The van der Waals surface area contributed by atoms with Gasteiger partial charge in [-0.05, 0) is 63.6 Å². The van der Waals surface area contributed by atoms with Gasteiger partial charge in [-0.2, -0.15) is 0 Å². The van der Waals surface area contributed by atoms with Gasteiger partial charge in [-0.1, -0.05) is 121 Å². The molecule has 2 nitrogen and oxygen atoms in total. The number of benzene rings is 5. The third-order valence-corrected chi connectivity index (χ3v) is 7.67. The molecule has 0 unspecified atom stereocenters. The van der Waals surface area contributed by atoms with Gasteiger partial charge in [0.05, 0.1) is 0 Å². The van der Waals surface area contributed by atoms with Crippen molar-refractivity contribution in [2.24, 2.45) is 0 Å². The van der Waals surface area contributed by atoms with Crippen molar-refractivity contribution in [1.29, 1.82) is 0 Å². The van der Waals surface area contributed by atoms with Crippen molar-refractivity contribution in [3.63, 3.8) is 0 Å². The first kappa shape index (κ1) is 22.1. The van der Waals surface area contributed by atoms with Crippen LogP contribution in [0.3, 0.4) is 0 Å². The van der Waals surface area contributed by atoms with Crippen molar-refractivity contribution in [2.45, 2.75) is 17.3 Å². The van der Waals surface area contributed by atoms with Crippen LogP contribution < -0.4 is 0 Å². The molecule has 0 aromatic heterocycles. The molecule has 1 N–H and O–H groups in total. The first-order valence-electron chi connectivity index (χ1n) is 12.3. The van der Waals surface area contributed by atoms with Crippen LogP contribution in [0.15, 0.2) is 140 Å². The van der Waals surface area contributed by atoms with Crippen LogP contribution in [0.2, 0.25) is 0 Å². The van der Waals surface area contributed by atoms with Gasteiger partial charge in [0.2, 0.25) is 0 Å². The molecule has 2 heteroatoms. The summed E-state index contributed by atoms with van der Waals surface area (Å²) < 4.78 is 0. The second kappa shape index (κ2) is 8.66. The summed E-state index contributed by atoms with van der Waals surface area (Å²) in [5.74, 6) is -0.792. The fourth-order valence-electron chi connectivity index (χ4n) is 5.86. The molecule has 0 spiro atoms. The second-order valence-corrected chi connectivity index (χ2v) is 9.56. The predicted molar refractivity (Wildman–Crippen MR) is 145 cm³/mol. The normalized spacial score (nSPS) is 17.9. The Labute approximate surface area is 211 Å². The van der Waals surface area contributed by atoms with Crippen LogP contribution in [-0.4, -0.2) is 11.1 Å². The van der Waals surface area contributed by atoms with Gasteiger partial charge in [0.1, 0.15) is 5.41 Å². The fraction of sp³-hybridized carbons (Fsp3) is 0.0882. The molecule has 0 amide bonds. The van der Waals surface area contributed by atoms with Crippen LogP contribution in [-0.2, 0) is 15.6 Å². The molecule has 5 aromatic carbocycles. The number of carboxylic acids is 1. The van der Waals surface area contributed by atoms with Crippen LogP contribution in [0.1, 0.15) is 23.1 Å². The molecule has 174 valence electrons. The van der Waals surface area contributed by atoms with Crippen molar-refractivity contribution in [3.8, 4) is 22.3 Å². The molecule has 1 saturated carbocycles. The zero-order chi connectivity index (χ0) is 24.6. The molecule has 1 aliphatic carbocycles. The molecule has 0 radical (unpaired) electrons. The van der Waals surface area contributed by atoms with Gasteiger partial charge in [0.15, 0.2) is 0 Å². The molecule has 5 aromatic rings. The predicted octanol–water partition coefficient (Wildman–Crippen LogP) is 7.73. The maximum absolute atomic E-state index is 13.3. The van der Waals surface area contributed by atoms with Crippen molar-refractivity contribution in [3.05, 3.63) is 156 Å². The van der Waals surface area contributed by atoms with Gasteiger partial charge in [-0.15, -0.1) is 0 Å². The average molecular weight is 467 g/mol. The van der Waals surface area contributed by atoms with Crippen molar-refractivity contribution in [1.82, 2.24) is 0 Å². The number of carboxylic acid groups (broad SMARTS) is 1. The number of aliphatic carboxylic acids is 1. The van der Waals surface area contributed by atoms with Gasteiger partial charge in [-0.25, -0.2) is 0 Å². The van der Waals surface area contributed by atoms with Gasteiger partial charge in [0.25, 0.3) is 0 Å². The molecule has 0 bridgehead atoms. The van der Waals surface area contributed by atoms with E-state index in [0.29, 0.717) is 6.42 Å². The highest BCUT2D eigenvalue weighted by Crippen LogP contribution is 2.69. The minimum Gasteiger partial charge on any atom is -0.481 e. The van der Waals surface area contributed by atoms with Crippen LogP contribution >= 0.6 is 0 Å². The van der Waals surface area contributed by atoms with Crippen molar-refractivity contribution in [2.75, 3.05) is 0 Å². The molecule has 0 saturated heterocycles. The van der Waals surface area contributed by atoms with Crippen LogP contribution in [0.5, 0.6) is 0 Å². The summed E-state index contributed by atoms with van der Waals surface area (Å²) in [4.78, 5) is 13.3. The number of hydrogen-bond donors (Lipinski definition) is 1. The van der Waals surface area contributed by atoms with Crippen molar-refractivity contribution < 1.29 is 9.90 Å². The summed E-state index contributed by atoms with van der Waals surface area (Å²) in [6.07, 6.45) is 0.510. The molecule has 1 fully saturated rings. The summed E-state index contributed by atoms with van der Waals surface area (Å²) in [5.41, 5.74) is 5.36. The van der Waals surface area contributed by atoms with E-state index in [9.17, 15) is 9.90 Å². The molecule has 1 aliphatic rings. The Bertz CT molecular complexity index is 1410. The van der Waals surface area contributed by atoms with E-state index in [1.807, 2.05) is 72.8 Å². The maximum atomic E-state index is 13.3. The lowest BCUT2D eigenvalue weighted by Gasteiger charge is -2.26. The van der Waals surface area contributed by atoms with E-state index in [0.717, 1.165) is 38.9 Å². The lowest BCUT2D eigenvalue weighted by atomic mass is 9.76. The first-order valence-corrected chi connectivity index (χ1v) is 12.3. The van der Waals surface area contributed by atoms with E-state index in [1.54, 1.807) is 0 Å². The topological polar surface area (TPSA) is 37.3 Å². The zero-order valence-corrected chi connectivity index (χ0v) is 19.8. The van der Waals surface area contributed by atoms with Gasteiger partial charge >= 0.3 is 5.97 Å². The summed E-state index contributed by atoms with van der Waals surface area (Å²) in [6, 6.07) is 47.0. The number of hydrogen-bond acceptors (Lipinski definition) is 1. The maximum Gasteiger partial charge on any atom is 0.315 e. The Hall–Kier alpha value is -4.43. The van der Waals surface area contributed by atoms with E-state index in [1.165, 1.54) is 0 Å². The molecule has 1 atom stereocenters. The third kappa shape index (κ3) is 3.37. The Morgan fingerprint density at radius 1 is 0.500 bits per heavy atom. The van der Waals surface area contributed by atoms with E-state index in [4.69, 9.17) is 0 Å².